The summed E-state index contributed by atoms with van der Waals surface area (Å²) in [7, 11) is 1.66. The molecule has 0 heterocycles. The Balaban J connectivity index is 2.65. The molecule has 0 aliphatic rings. The molecule has 1 unspecified atom stereocenters. The Morgan fingerprint density at radius 3 is 2.76 bits per heavy atom. The lowest BCUT2D eigenvalue weighted by atomic mass is 10.1. The van der Waals surface area contributed by atoms with Crippen LogP contribution >= 0.6 is 0 Å². The maximum absolute atomic E-state index is 13.0. The molecule has 3 nitrogen and oxygen atoms in total. The van der Waals surface area contributed by atoms with Gasteiger partial charge in [0, 0.05) is 13.6 Å². The van der Waals surface area contributed by atoms with E-state index < -0.39 is 0 Å². The molecule has 1 aromatic rings. The van der Waals surface area contributed by atoms with Gasteiger partial charge in [-0.05, 0) is 24.1 Å². The van der Waals surface area contributed by atoms with Gasteiger partial charge < -0.3 is 10.0 Å². The van der Waals surface area contributed by atoms with Crippen LogP contribution in [0.4, 0.5) is 4.39 Å². The monoisotopic (exact) mass is 239 g/mol. The Bertz CT molecular complexity index is 377. The van der Waals surface area contributed by atoms with Crippen molar-refractivity contribution in [2.75, 3.05) is 13.7 Å². The number of aliphatic hydroxyl groups is 1. The van der Waals surface area contributed by atoms with Gasteiger partial charge in [-0.15, -0.1) is 0 Å². The van der Waals surface area contributed by atoms with Crippen molar-refractivity contribution in [3.05, 3.63) is 35.6 Å². The average Bonchev–Trinajstić information content (AvgIpc) is 2.30. The Hall–Kier alpha value is -1.42. The molecule has 1 aromatic carbocycles. The predicted molar refractivity (Wildman–Crippen MR) is 63.7 cm³/mol. The van der Waals surface area contributed by atoms with Gasteiger partial charge in [0.1, 0.15) is 5.82 Å². The number of halogens is 1. The fraction of sp³-hybridized carbons (Fsp3) is 0.462. The second kappa shape index (κ2) is 6.35. The van der Waals surface area contributed by atoms with E-state index in [1.807, 2.05) is 6.92 Å². The number of nitrogens with zero attached hydrogens (tertiary/aromatic N) is 1. The minimum absolute atomic E-state index is 0.112. The third kappa shape index (κ3) is 3.82. The molecule has 0 aliphatic carbocycles. The summed E-state index contributed by atoms with van der Waals surface area (Å²) in [5.74, 6) is -0.787. The quantitative estimate of drug-likeness (QED) is 0.851. The highest BCUT2D eigenvalue weighted by atomic mass is 19.1. The van der Waals surface area contributed by atoms with Gasteiger partial charge in [0.15, 0.2) is 0 Å². The molecular formula is C13H18FNO2. The summed E-state index contributed by atoms with van der Waals surface area (Å²) in [4.78, 5) is 13.4. The van der Waals surface area contributed by atoms with E-state index in [9.17, 15) is 9.18 Å². The maximum Gasteiger partial charge on any atom is 0.228 e. The first kappa shape index (κ1) is 13.6. The Labute approximate surface area is 101 Å². The van der Waals surface area contributed by atoms with Gasteiger partial charge in [-0.1, -0.05) is 19.1 Å². The smallest absolute Gasteiger partial charge is 0.228 e. The molecule has 94 valence electrons. The molecule has 1 N–H and O–H groups in total. The summed E-state index contributed by atoms with van der Waals surface area (Å²) >= 11 is 0. The highest BCUT2D eigenvalue weighted by molar-refractivity contribution is 5.78. The molecule has 0 bridgehead atoms. The number of benzene rings is 1. The lowest BCUT2D eigenvalue weighted by Crippen LogP contribution is -2.34. The van der Waals surface area contributed by atoms with Crippen molar-refractivity contribution in [3.63, 3.8) is 0 Å². The SMILES string of the molecule is CCC(CO)C(=O)N(C)Cc1cccc(F)c1. The van der Waals surface area contributed by atoms with Crippen molar-refractivity contribution < 1.29 is 14.3 Å². The highest BCUT2D eigenvalue weighted by Gasteiger charge is 2.19. The van der Waals surface area contributed by atoms with Gasteiger partial charge in [0.2, 0.25) is 5.91 Å². The molecule has 0 spiro atoms. The van der Waals surface area contributed by atoms with Gasteiger partial charge in [-0.2, -0.15) is 0 Å². The van der Waals surface area contributed by atoms with Crippen molar-refractivity contribution in [1.29, 1.82) is 0 Å². The van der Waals surface area contributed by atoms with Crippen molar-refractivity contribution in [2.45, 2.75) is 19.9 Å². The van der Waals surface area contributed by atoms with Crippen LogP contribution in [0.3, 0.4) is 0 Å². The summed E-state index contributed by atoms with van der Waals surface area (Å²) in [6.45, 7) is 2.06. The highest BCUT2D eigenvalue weighted by Crippen LogP contribution is 2.10. The van der Waals surface area contributed by atoms with Crippen molar-refractivity contribution in [2.24, 2.45) is 5.92 Å². The predicted octanol–water partition coefficient (Wildman–Crippen LogP) is 1.80. The van der Waals surface area contributed by atoms with Gasteiger partial charge in [0.05, 0.1) is 12.5 Å². The van der Waals surface area contributed by atoms with Crippen LogP contribution in [-0.2, 0) is 11.3 Å². The first-order chi connectivity index (χ1) is 8.08. The molecule has 0 saturated heterocycles. The Morgan fingerprint density at radius 1 is 1.53 bits per heavy atom. The van der Waals surface area contributed by atoms with E-state index in [2.05, 4.69) is 0 Å². The number of carbonyl (C=O) groups is 1. The zero-order valence-corrected chi connectivity index (χ0v) is 10.2. The number of carbonyl (C=O) groups excluding carboxylic acids is 1. The van der Waals surface area contributed by atoms with E-state index >= 15 is 0 Å². The largest absolute Gasteiger partial charge is 0.396 e. The van der Waals surface area contributed by atoms with Gasteiger partial charge in [-0.3, -0.25) is 4.79 Å². The summed E-state index contributed by atoms with van der Waals surface area (Å²) in [6, 6.07) is 6.16. The normalized spacial score (nSPS) is 12.2. The van der Waals surface area contributed by atoms with Crippen LogP contribution in [-0.4, -0.2) is 29.6 Å². The molecule has 0 aromatic heterocycles. The van der Waals surface area contributed by atoms with Crippen LogP contribution in [0.5, 0.6) is 0 Å². The zero-order chi connectivity index (χ0) is 12.8. The van der Waals surface area contributed by atoms with Crippen LogP contribution in [0.15, 0.2) is 24.3 Å². The zero-order valence-electron chi connectivity index (χ0n) is 10.2. The van der Waals surface area contributed by atoms with E-state index in [4.69, 9.17) is 5.11 Å². The number of rotatable bonds is 5. The van der Waals surface area contributed by atoms with E-state index in [-0.39, 0.29) is 24.2 Å². The Kier molecular flexibility index (Phi) is 5.10. The van der Waals surface area contributed by atoms with Crippen molar-refractivity contribution >= 4 is 5.91 Å². The third-order valence-electron chi connectivity index (χ3n) is 2.75. The van der Waals surface area contributed by atoms with Crippen molar-refractivity contribution in [1.82, 2.24) is 4.90 Å². The maximum atomic E-state index is 13.0. The lowest BCUT2D eigenvalue weighted by molar-refractivity contribution is -0.136. The van der Waals surface area contributed by atoms with E-state index in [1.54, 1.807) is 19.2 Å². The molecule has 1 rings (SSSR count). The van der Waals surface area contributed by atoms with Crippen molar-refractivity contribution in [3.8, 4) is 0 Å². The number of aliphatic hydroxyl groups excluding tert-OH is 1. The lowest BCUT2D eigenvalue weighted by Gasteiger charge is -2.21. The van der Waals surface area contributed by atoms with Gasteiger partial charge >= 0.3 is 0 Å². The standard InChI is InChI=1S/C13H18FNO2/c1-3-11(9-16)13(17)15(2)8-10-5-4-6-12(14)7-10/h4-7,11,16H,3,8-9H2,1-2H3. The minimum atomic E-state index is -0.367. The topological polar surface area (TPSA) is 40.5 Å². The fourth-order valence-corrected chi connectivity index (χ4v) is 1.68. The summed E-state index contributed by atoms with van der Waals surface area (Å²) in [6.07, 6.45) is 0.600. The Morgan fingerprint density at radius 2 is 2.24 bits per heavy atom. The van der Waals surface area contributed by atoms with Crippen LogP contribution < -0.4 is 0 Å². The average molecular weight is 239 g/mol. The minimum Gasteiger partial charge on any atom is -0.396 e. The summed E-state index contributed by atoms with van der Waals surface area (Å²) in [5.41, 5.74) is 0.744. The molecule has 17 heavy (non-hydrogen) atoms. The van der Waals surface area contributed by atoms with Crippen LogP contribution in [0, 0.1) is 11.7 Å². The molecule has 0 aliphatic heterocycles. The fourth-order valence-electron chi connectivity index (χ4n) is 1.68. The summed E-state index contributed by atoms with van der Waals surface area (Å²) in [5, 5.41) is 9.05. The first-order valence-electron chi connectivity index (χ1n) is 5.68. The third-order valence-corrected chi connectivity index (χ3v) is 2.75. The molecule has 0 fully saturated rings. The van der Waals surface area contributed by atoms with Gasteiger partial charge in [0.25, 0.3) is 0 Å². The van der Waals surface area contributed by atoms with E-state index in [1.165, 1.54) is 17.0 Å². The number of hydrogen-bond donors (Lipinski definition) is 1. The van der Waals surface area contributed by atoms with Crippen LogP contribution in [0.25, 0.3) is 0 Å². The van der Waals surface area contributed by atoms with Crippen LogP contribution in [0.1, 0.15) is 18.9 Å². The number of hydrogen-bond acceptors (Lipinski definition) is 2. The summed E-state index contributed by atoms with van der Waals surface area (Å²) < 4.78 is 13.0. The van der Waals surface area contributed by atoms with E-state index in [0.717, 1.165) is 5.56 Å². The number of amides is 1. The second-order valence-electron chi connectivity index (χ2n) is 4.11. The van der Waals surface area contributed by atoms with Gasteiger partial charge in [-0.25, -0.2) is 4.39 Å². The molecule has 1 amide bonds. The molecule has 4 heteroatoms. The molecule has 0 radical (unpaired) electrons. The van der Waals surface area contributed by atoms with E-state index in [0.29, 0.717) is 13.0 Å². The van der Waals surface area contributed by atoms with Crippen LogP contribution in [0.2, 0.25) is 0 Å². The molecule has 0 saturated carbocycles. The molecular weight excluding hydrogens is 221 g/mol. The molecule has 1 atom stereocenters. The first-order valence-corrected chi connectivity index (χ1v) is 5.68. The second-order valence-corrected chi connectivity index (χ2v) is 4.11.